The summed E-state index contributed by atoms with van der Waals surface area (Å²) in [5, 5.41) is 0.729. The Balaban J connectivity index is 1.90. The number of aryl methyl sites for hydroxylation is 1. The van der Waals surface area contributed by atoms with Crippen molar-refractivity contribution < 1.29 is 14.3 Å². The minimum Gasteiger partial charge on any atom is -0.466 e. The van der Waals surface area contributed by atoms with E-state index in [4.69, 9.17) is 4.74 Å². The number of carbonyl (C=O) groups excluding carboxylic acids is 2. The van der Waals surface area contributed by atoms with Crippen LogP contribution in [0.2, 0.25) is 0 Å². The van der Waals surface area contributed by atoms with Gasteiger partial charge < -0.3 is 9.64 Å². The molecule has 0 N–H and O–H groups in total. The van der Waals surface area contributed by atoms with E-state index >= 15 is 0 Å². The Bertz CT molecular complexity index is 874. The molecule has 0 spiro atoms. The number of piperidine rings is 1. The van der Waals surface area contributed by atoms with Gasteiger partial charge in [-0.1, -0.05) is 0 Å². The summed E-state index contributed by atoms with van der Waals surface area (Å²) in [7, 11) is 1.60. The van der Waals surface area contributed by atoms with Crippen LogP contribution in [-0.4, -0.2) is 46.0 Å². The molecule has 1 aliphatic rings. The van der Waals surface area contributed by atoms with Crippen LogP contribution >= 0.6 is 0 Å². The minimum absolute atomic E-state index is 0.104. The molecule has 1 aliphatic heterocycles. The molecule has 3 heterocycles. The van der Waals surface area contributed by atoms with E-state index in [1.807, 2.05) is 6.07 Å². The van der Waals surface area contributed by atoms with Crippen molar-refractivity contribution in [3.8, 4) is 0 Å². The molecule has 2 aromatic heterocycles. The lowest BCUT2D eigenvalue weighted by Crippen LogP contribution is -2.44. The molecule has 132 valence electrons. The van der Waals surface area contributed by atoms with Crippen molar-refractivity contribution in [3.63, 3.8) is 0 Å². The summed E-state index contributed by atoms with van der Waals surface area (Å²) >= 11 is 0. The third kappa shape index (κ3) is 3.26. The average Bonchev–Trinajstić information content (AvgIpc) is 2.64. The van der Waals surface area contributed by atoms with Crippen LogP contribution in [0.25, 0.3) is 11.0 Å². The Kier molecular flexibility index (Phi) is 4.83. The molecule has 1 saturated heterocycles. The van der Waals surface area contributed by atoms with Crippen molar-refractivity contribution in [2.24, 2.45) is 13.0 Å². The predicted molar refractivity (Wildman–Crippen MR) is 92.2 cm³/mol. The number of esters is 1. The third-order valence-corrected chi connectivity index (χ3v) is 4.53. The highest BCUT2D eigenvalue weighted by atomic mass is 16.5. The number of likely N-dealkylation sites (tertiary alicyclic amines) is 1. The third-order valence-electron chi connectivity index (χ3n) is 4.53. The van der Waals surface area contributed by atoms with Gasteiger partial charge in [0, 0.05) is 31.7 Å². The second-order valence-electron chi connectivity index (χ2n) is 6.18. The summed E-state index contributed by atoms with van der Waals surface area (Å²) in [5.74, 6) is -0.959. The lowest BCUT2D eigenvalue weighted by molar-refractivity contribution is -0.149. The van der Waals surface area contributed by atoms with Gasteiger partial charge in [0.15, 0.2) is 0 Å². The second kappa shape index (κ2) is 7.04. The molecule has 0 unspecified atom stereocenters. The first-order chi connectivity index (χ1) is 12.0. The maximum absolute atomic E-state index is 12.9. The van der Waals surface area contributed by atoms with Gasteiger partial charge in [-0.3, -0.25) is 19.0 Å². The Labute approximate surface area is 145 Å². The molecule has 3 rings (SSSR count). The van der Waals surface area contributed by atoms with Gasteiger partial charge in [0.05, 0.1) is 12.5 Å². The number of aromatic nitrogens is 2. The summed E-state index contributed by atoms with van der Waals surface area (Å²) in [6.07, 6.45) is 3.02. The van der Waals surface area contributed by atoms with Crippen LogP contribution in [0.5, 0.6) is 0 Å². The van der Waals surface area contributed by atoms with E-state index < -0.39 is 0 Å². The maximum Gasteiger partial charge on any atom is 0.310 e. The molecule has 0 bridgehead atoms. The van der Waals surface area contributed by atoms with Crippen molar-refractivity contribution in [1.82, 2.24) is 14.5 Å². The molecule has 1 atom stereocenters. The largest absolute Gasteiger partial charge is 0.466 e. The molecule has 0 aliphatic carbocycles. The molecule has 0 saturated carbocycles. The Morgan fingerprint density at radius 1 is 1.40 bits per heavy atom. The highest BCUT2D eigenvalue weighted by molar-refractivity contribution is 5.97. The fourth-order valence-electron chi connectivity index (χ4n) is 3.23. The average molecular weight is 343 g/mol. The van der Waals surface area contributed by atoms with Crippen LogP contribution in [-0.2, 0) is 16.6 Å². The van der Waals surface area contributed by atoms with Gasteiger partial charge in [0.2, 0.25) is 0 Å². The number of carbonyl (C=O) groups is 2. The van der Waals surface area contributed by atoms with Crippen LogP contribution in [0.1, 0.15) is 30.1 Å². The molecule has 1 fully saturated rings. The first-order valence-corrected chi connectivity index (χ1v) is 8.43. The SMILES string of the molecule is CCOC(=O)[C@H]1CCCN(C(=O)c2cc3cccnc3n(C)c2=O)C1. The van der Waals surface area contributed by atoms with Gasteiger partial charge in [0.1, 0.15) is 11.2 Å². The van der Waals surface area contributed by atoms with E-state index in [9.17, 15) is 14.4 Å². The first-order valence-electron chi connectivity index (χ1n) is 8.43. The predicted octanol–water partition coefficient (Wildman–Crippen LogP) is 1.35. The van der Waals surface area contributed by atoms with Gasteiger partial charge in [-0.15, -0.1) is 0 Å². The molecule has 7 nitrogen and oxygen atoms in total. The summed E-state index contributed by atoms with van der Waals surface area (Å²) in [5.41, 5.74) is 0.258. The number of ether oxygens (including phenoxy) is 1. The van der Waals surface area contributed by atoms with Gasteiger partial charge in [0.25, 0.3) is 11.5 Å². The van der Waals surface area contributed by atoms with E-state index in [0.717, 1.165) is 5.39 Å². The van der Waals surface area contributed by atoms with Crippen molar-refractivity contribution >= 4 is 22.9 Å². The highest BCUT2D eigenvalue weighted by Gasteiger charge is 2.31. The molecule has 0 radical (unpaired) electrons. The Morgan fingerprint density at radius 2 is 2.20 bits per heavy atom. The fraction of sp³-hybridized carbons (Fsp3) is 0.444. The lowest BCUT2D eigenvalue weighted by Gasteiger charge is -2.31. The zero-order valence-corrected chi connectivity index (χ0v) is 14.4. The van der Waals surface area contributed by atoms with E-state index in [-0.39, 0.29) is 35.5 Å². The Morgan fingerprint density at radius 3 is 2.96 bits per heavy atom. The van der Waals surface area contributed by atoms with Gasteiger partial charge in [-0.25, -0.2) is 4.98 Å². The second-order valence-corrected chi connectivity index (χ2v) is 6.18. The number of nitrogens with zero attached hydrogens (tertiary/aromatic N) is 3. The number of hydrogen-bond acceptors (Lipinski definition) is 5. The topological polar surface area (TPSA) is 81.5 Å². The van der Waals surface area contributed by atoms with Crippen LogP contribution in [0.3, 0.4) is 0 Å². The summed E-state index contributed by atoms with van der Waals surface area (Å²) < 4.78 is 6.45. The molecule has 25 heavy (non-hydrogen) atoms. The molecule has 0 aromatic carbocycles. The Hall–Kier alpha value is -2.70. The van der Waals surface area contributed by atoms with Crippen LogP contribution in [0.4, 0.5) is 0 Å². The van der Waals surface area contributed by atoms with Crippen molar-refractivity contribution in [1.29, 1.82) is 0 Å². The summed E-state index contributed by atoms with van der Waals surface area (Å²) in [6.45, 7) is 2.90. The molecule has 1 amide bonds. The van der Waals surface area contributed by atoms with Crippen LogP contribution in [0.15, 0.2) is 29.2 Å². The summed E-state index contributed by atoms with van der Waals surface area (Å²) in [4.78, 5) is 43.2. The number of amides is 1. The van der Waals surface area contributed by atoms with E-state index in [1.165, 1.54) is 4.57 Å². The van der Waals surface area contributed by atoms with E-state index in [2.05, 4.69) is 4.98 Å². The molecule has 7 heteroatoms. The lowest BCUT2D eigenvalue weighted by atomic mass is 9.97. The van der Waals surface area contributed by atoms with Gasteiger partial charge in [-0.2, -0.15) is 0 Å². The quantitative estimate of drug-likeness (QED) is 0.786. The maximum atomic E-state index is 12.9. The molecule has 2 aromatic rings. The minimum atomic E-state index is -0.380. The first kappa shape index (κ1) is 17.1. The van der Waals surface area contributed by atoms with Crippen LogP contribution < -0.4 is 5.56 Å². The van der Waals surface area contributed by atoms with Gasteiger partial charge in [-0.05, 0) is 38.0 Å². The normalized spacial score (nSPS) is 17.5. The van der Waals surface area contributed by atoms with Gasteiger partial charge >= 0.3 is 5.97 Å². The summed E-state index contributed by atoms with van der Waals surface area (Å²) in [6, 6.07) is 5.16. The van der Waals surface area contributed by atoms with E-state index in [1.54, 1.807) is 37.2 Å². The van der Waals surface area contributed by atoms with Crippen molar-refractivity contribution in [3.05, 3.63) is 40.3 Å². The number of fused-ring (bicyclic) bond motifs is 1. The zero-order valence-electron chi connectivity index (χ0n) is 14.4. The highest BCUT2D eigenvalue weighted by Crippen LogP contribution is 2.20. The monoisotopic (exact) mass is 343 g/mol. The molecular formula is C18H21N3O4. The standard InChI is InChI=1S/C18H21N3O4/c1-3-25-18(24)13-7-5-9-21(11-13)17(23)14-10-12-6-4-8-19-15(12)20(2)16(14)22/h4,6,8,10,13H,3,5,7,9,11H2,1-2H3/t13-/m0/s1. The van der Waals surface area contributed by atoms with E-state index in [0.29, 0.717) is 31.6 Å². The van der Waals surface area contributed by atoms with Crippen molar-refractivity contribution in [2.75, 3.05) is 19.7 Å². The zero-order chi connectivity index (χ0) is 18.0. The molecular weight excluding hydrogens is 322 g/mol. The van der Waals surface area contributed by atoms with Crippen molar-refractivity contribution in [2.45, 2.75) is 19.8 Å². The number of pyridine rings is 2. The number of hydrogen-bond donors (Lipinski definition) is 0. The number of rotatable bonds is 3. The van der Waals surface area contributed by atoms with Crippen LogP contribution in [0, 0.1) is 5.92 Å². The fourth-order valence-corrected chi connectivity index (χ4v) is 3.23. The smallest absolute Gasteiger partial charge is 0.310 e.